The molecule has 2 atom stereocenters. The van der Waals surface area contributed by atoms with Gasteiger partial charge in [-0.3, -0.25) is 0 Å². The van der Waals surface area contributed by atoms with Crippen LogP contribution in [0, 0.1) is 0 Å². The number of rotatable bonds is 6. The second-order valence-electron chi connectivity index (χ2n) is 3.93. The number of nitrogens with one attached hydrogen (secondary N) is 1. The van der Waals surface area contributed by atoms with E-state index in [1.54, 1.807) is 14.2 Å². The molecule has 1 aliphatic rings. The number of hydrogen-bond donors (Lipinski definition) is 1. The lowest BCUT2D eigenvalue weighted by atomic mass is 10.0. The summed E-state index contributed by atoms with van der Waals surface area (Å²) >= 11 is 0. The first-order valence-electron chi connectivity index (χ1n) is 5.08. The molecule has 0 bridgehead atoms. The van der Waals surface area contributed by atoms with Gasteiger partial charge in [0.05, 0.1) is 13.2 Å². The highest BCUT2D eigenvalue weighted by Crippen LogP contribution is 2.21. The van der Waals surface area contributed by atoms with Gasteiger partial charge in [0.1, 0.15) is 5.60 Å². The highest BCUT2D eigenvalue weighted by molar-refractivity contribution is 4.87. The maximum absolute atomic E-state index is 5.50. The average molecular weight is 203 g/mol. The van der Waals surface area contributed by atoms with E-state index < -0.39 is 0 Å². The van der Waals surface area contributed by atoms with Gasteiger partial charge in [0.2, 0.25) is 0 Å². The van der Waals surface area contributed by atoms with Crippen molar-refractivity contribution in [2.45, 2.75) is 25.0 Å². The molecular formula is C10H21NO3. The van der Waals surface area contributed by atoms with Gasteiger partial charge < -0.3 is 19.5 Å². The molecule has 0 radical (unpaired) electrons. The monoisotopic (exact) mass is 203 g/mol. The Balaban J connectivity index is 2.27. The van der Waals surface area contributed by atoms with Crippen LogP contribution in [0.25, 0.3) is 0 Å². The summed E-state index contributed by atoms with van der Waals surface area (Å²) in [5.41, 5.74) is -0.123. The maximum atomic E-state index is 5.50. The van der Waals surface area contributed by atoms with Crippen molar-refractivity contribution in [2.24, 2.45) is 0 Å². The molecule has 0 aliphatic carbocycles. The zero-order chi connectivity index (χ0) is 10.4. The van der Waals surface area contributed by atoms with E-state index in [1.807, 2.05) is 0 Å². The third-order valence-electron chi connectivity index (χ3n) is 2.69. The Labute approximate surface area is 85.9 Å². The van der Waals surface area contributed by atoms with Crippen LogP contribution in [-0.2, 0) is 14.2 Å². The Morgan fingerprint density at radius 1 is 1.50 bits per heavy atom. The SMILES string of the molecule is COCC(C)NCC1(OC)CCOC1. The van der Waals surface area contributed by atoms with Crippen LogP contribution in [0.1, 0.15) is 13.3 Å². The maximum Gasteiger partial charge on any atom is 0.106 e. The Bertz CT molecular complexity index is 157. The molecule has 1 N–H and O–H groups in total. The van der Waals surface area contributed by atoms with Crippen LogP contribution in [0.3, 0.4) is 0 Å². The van der Waals surface area contributed by atoms with E-state index in [1.165, 1.54) is 0 Å². The normalized spacial score (nSPS) is 29.4. The molecule has 0 aromatic rings. The summed E-state index contributed by atoms with van der Waals surface area (Å²) in [5, 5.41) is 3.39. The van der Waals surface area contributed by atoms with E-state index in [4.69, 9.17) is 14.2 Å². The minimum absolute atomic E-state index is 0.123. The van der Waals surface area contributed by atoms with Gasteiger partial charge in [-0.15, -0.1) is 0 Å². The molecule has 4 heteroatoms. The molecule has 1 rings (SSSR count). The first-order chi connectivity index (χ1) is 6.72. The fraction of sp³-hybridized carbons (Fsp3) is 1.00. The molecule has 1 heterocycles. The van der Waals surface area contributed by atoms with Crippen molar-refractivity contribution < 1.29 is 14.2 Å². The fourth-order valence-corrected chi connectivity index (χ4v) is 1.63. The Morgan fingerprint density at radius 2 is 2.29 bits per heavy atom. The standard InChI is InChI=1S/C10H21NO3/c1-9(6-12-2)11-7-10(13-3)4-5-14-8-10/h9,11H,4-8H2,1-3H3. The minimum atomic E-state index is -0.123. The number of ether oxygens (including phenoxy) is 3. The lowest BCUT2D eigenvalue weighted by Gasteiger charge is -2.27. The van der Waals surface area contributed by atoms with Crippen molar-refractivity contribution in [3.05, 3.63) is 0 Å². The fourth-order valence-electron chi connectivity index (χ4n) is 1.63. The van der Waals surface area contributed by atoms with Crippen molar-refractivity contribution in [1.29, 1.82) is 0 Å². The van der Waals surface area contributed by atoms with Gasteiger partial charge in [-0.2, -0.15) is 0 Å². The molecule has 0 aromatic carbocycles. The molecular weight excluding hydrogens is 182 g/mol. The molecule has 0 saturated carbocycles. The van der Waals surface area contributed by atoms with Gasteiger partial charge in [0.25, 0.3) is 0 Å². The smallest absolute Gasteiger partial charge is 0.106 e. The Kier molecular flexibility index (Phi) is 4.81. The van der Waals surface area contributed by atoms with Crippen LogP contribution in [0.2, 0.25) is 0 Å². The molecule has 84 valence electrons. The Morgan fingerprint density at radius 3 is 2.79 bits per heavy atom. The van der Waals surface area contributed by atoms with E-state index in [2.05, 4.69) is 12.2 Å². The van der Waals surface area contributed by atoms with Crippen molar-refractivity contribution in [1.82, 2.24) is 5.32 Å². The molecule has 0 spiro atoms. The molecule has 14 heavy (non-hydrogen) atoms. The van der Waals surface area contributed by atoms with E-state index in [-0.39, 0.29) is 5.60 Å². The zero-order valence-corrected chi connectivity index (χ0v) is 9.34. The summed E-state index contributed by atoms with van der Waals surface area (Å²) in [4.78, 5) is 0. The minimum Gasteiger partial charge on any atom is -0.383 e. The van der Waals surface area contributed by atoms with Crippen LogP contribution < -0.4 is 5.32 Å². The first kappa shape index (κ1) is 11.9. The van der Waals surface area contributed by atoms with Crippen LogP contribution >= 0.6 is 0 Å². The summed E-state index contributed by atoms with van der Waals surface area (Å²) < 4.78 is 15.9. The van der Waals surface area contributed by atoms with Crippen molar-refractivity contribution >= 4 is 0 Å². The molecule has 1 fully saturated rings. The predicted molar refractivity (Wildman–Crippen MR) is 54.5 cm³/mol. The van der Waals surface area contributed by atoms with E-state index in [9.17, 15) is 0 Å². The van der Waals surface area contributed by atoms with Crippen LogP contribution in [0.15, 0.2) is 0 Å². The lowest BCUT2D eigenvalue weighted by molar-refractivity contribution is -0.0186. The largest absolute Gasteiger partial charge is 0.383 e. The topological polar surface area (TPSA) is 39.7 Å². The lowest BCUT2D eigenvalue weighted by Crippen LogP contribution is -2.46. The van der Waals surface area contributed by atoms with Gasteiger partial charge in [-0.05, 0) is 6.92 Å². The van der Waals surface area contributed by atoms with Crippen molar-refractivity contribution in [3.8, 4) is 0 Å². The first-order valence-corrected chi connectivity index (χ1v) is 5.08. The molecule has 0 amide bonds. The quantitative estimate of drug-likeness (QED) is 0.679. The second kappa shape index (κ2) is 5.66. The highest BCUT2D eigenvalue weighted by atomic mass is 16.5. The molecule has 2 unspecified atom stereocenters. The summed E-state index contributed by atoms with van der Waals surface area (Å²) in [6.07, 6.45) is 0.968. The summed E-state index contributed by atoms with van der Waals surface area (Å²) in [7, 11) is 3.46. The summed E-state index contributed by atoms with van der Waals surface area (Å²) in [6.45, 7) is 5.14. The molecule has 1 saturated heterocycles. The number of methoxy groups -OCH3 is 2. The van der Waals surface area contributed by atoms with E-state index >= 15 is 0 Å². The van der Waals surface area contributed by atoms with Gasteiger partial charge in [0.15, 0.2) is 0 Å². The highest BCUT2D eigenvalue weighted by Gasteiger charge is 2.34. The van der Waals surface area contributed by atoms with Gasteiger partial charge in [-0.25, -0.2) is 0 Å². The second-order valence-corrected chi connectivity index (χ2v) is 3.93. The van der Waals surface area contributed by atoms with Gasteiger partial charge in [-0.1, -0.05) is 0 Å². The van der Waals surface area contributed by atoms with Crippen LogP contribution in [0.5, 0.6) is 0 Å². The third-order valence-corrected chi connectivity index (χ3v) is 2.69. The zero-order valence-electron chi connectivity index (χ0n) is 9.34. The van der Waals surface area contributed by atoms with Crippen molar-refractivity contribution in [2.75, 3.05) is 40.6 Å². The third kappa shape index (κ3) is 3.20. The summed E-state index contributed by atoms with van der Waals surface area (Å²) in [5.74, 6) is 0. The molecule has 1 aliphatic heterocycles. The van der Waals surface area contributed by atoms with Gasteiger partial charge >= 0.3 is 0 Å². The average Bonchev–Trinajstić information content (AvgIpc) is 2.65. The Hall–Kier alpha value is -0.160. The number of hydrogen-bond acceptors (Lipinski definition) is 4. The molecule has 4 nitrogen and oxygen atoms in total. The summed E-state index contributed by atoms with van der Waals surface area (Å²) in [6, 6.07) is 0.354. The predicted octanol–water partition coefficient (Wildman–Crippen LogP) is 0.416. The van der Waals surface area contributed by atoms with Crippen LogP contribution in [-0.4, -0.2) is 52.2 Å². The van der Waals surface area contributed by atoms with E-state index in [0.717, 1.165) is 26.2 Å². The van der Waals surface area contributed by atoms with Gasteiger partial charge in [0, 0.05) is 39.8 Å². The van der Waals surface area contributed by atoms with E-state index in [0.29, 0.717) is 12.6 Å². The van der Waals surface area contributed by atoms with Crippen molar-refractivity contribution in [3.63, 3.8) is 0 Å². The van der Waals surface area contributed by atoms with Crippen LogP contribution in [0.4, 0.5) is 0 Å². The molecule has 0 aromatic heterocycles.